The highest BCUT2D eigenvalue weighted by molar-refractivity contribution is 6.30. The number of para-hydroxylation sites is 1. The van der Waals surface area contributed by atoms with E-state index in [-0.39, 0.29) is 6.42 Å². The molecule has 2 rings (SSSR count). The smallest absolute Gasteiger partial charge is 0.137 e. The van der Waals surface area contributed by atoms with Crippen molar-refractivity contribution in [1.82, 2.24) is 9.78 Å². The van der Waals surface area contributed by atoms with Crippen LogP contribution < -0.4 is 0 Å². The van der Waals surface area contributed by atoms with Crippen molar-refractivity contribution in [1.29, 1.82) is 5.26 Å². The summed E-state index contributed by atoms with van der Waals surface area (Å²) in [6.45, 7) is 3.87. The molecule has 0 atom stereocenters. The fraction of sp³-hybridized carbons (Fsp3) is 0.231. The second-order valence-corrected chi connectivity index (χ2v) is 4.25. The van der Waals surface area contributed by atoms with Gasteiger partial charge in [-0.15, -0.1) is 0 Å². The van der Waals surface area contributed by atoms with Crippen molar-refractivity contribution in [2.45, 2.75) is 20.3 Å². The van der Waals surface area contributed by atoms with Crippen molar-refractivity contribution in [2.75, 3.05) is 0 Å². The summed E-state index contributed by atoms with van der Waals surface area (Å²) in [5.74, 6) is 0. The number of aryl methyl sites for hydroxylation is 2. The lowest BCUT2D eigenvalue weighted by Crippen LogP contribution is -1.99. The molecule has 1 heterocycles. The van der Waals surface area contributed by atoms with Crippen molar-refractivity contribution >= 4 is 11.6 Å². The maximum absolute atomic E-state index is 8.76. The van der Waals surface area contributed by atoms with Crippen LogP contribution in [0, 0.1) is 25.2 Å². The molecule has 17 heavy (non-hydrogen) atoms. The van der Waals surface area contributed by atoms with Crippen molar-refractivity contribution in [3.8, 4) is 11.8 Å². The summed E-state index contributed by atoms with van der Waals surface area (Å²) in [6, 6.07) is 9.99. The summed E-state index contributed by atoms with van der Waals surface area (Å²) < 4.78 is 1.69. The minimum atomic E-state index is 0.288. The fourth-order valence-electron chi connectivity index (χ4n) is 1.77. The molecular weight excluding hydrogens is 234 g/mol. The van der Waals surface area contributed by atoms with Crippen LogP contribution in [0.5, 0.6) is 0 Å². The number of hydrogen-bond acceptors (Lipinski definition) is 2. The van der Waals surface area contributed by atoms with Crippen LogP contribution in [-0.2, 0) is 6.42 Å². The van der Waals surface area contributed by atoms with Crippen LogP contribution in [0.4, 0.5) is 0 Å². The predicted octanol–water partition coefficient (Wildman–Crippen LogP) is 3.21. The van der Waals surface area contributed by atoms with Gasteiger partial charge in [0.1, 0.15) is 5.15 Å². The number of halogens is 1. The van der Waals surface area contributed by atoms with Gasteiger partial charge in [-0.1, -0.05) is 29.8 Å². The van der Waals surface area contributed by atoms with Crippen molar-refractivity contribution < 1.29 is 0 Å². The number of nitriles is 1. The molecule has 0 aliphatic rings. The van der Waals surface area contributed by atoms with E-state index in [9.17, 15) is 0 Å². The first-order chi connectivity index (χ1) is 8.15. The predicted molar refractivity (Wildman–Crippen MR) is 67.4 cm³/mol. The van der Waals surface area contributed by atoms with E-state index in [0.29, 0.717) is 5.15 Å². The molecule has 0 unspecified atom stereocenters. The van der Waals surface area contributed by atoms with Crippen LogP contribution in [0.15, 0.2) is 24.3 Å². The van der Waals surface area contributed by atoms with E-state index >= 15 is 0 Å². The minimum absolute atomic E-state index is 0.288. The second kappa shape index (κ2) is 4.60. The fourth-order valence-corrected chi connectivity index (χ4v) is 2.10. The molecule has 0 amide bonds. The lowest BCUT2D eigenvalue weighted by atomic mass is 10.2. The van der Waals surface area contributed by atoms with Crippen LogP contribution >= 0.6 is 11.6 Å². The molecule has 0 saturated heterocycles. The van der Waals surface area contributed by atoms with E-state index in [1.165, 1.54) is 0 Å². The molecule has 0 bridgehead atoms. The molecule has 2 aromatic rings. The van der Waals surface area contributed by atoms with E-state index in [2.05, 4.69) is 11.2 Å². The van der Waals surface area contributed by atoms with Crippen molar-refractivity contribution in [3.63, 3.8) is 0 Å². The summed E-state index contributed by atoms with van der Waals surface area (Å²) in [5.41, 5.74) is 3.66. The third-order valence-corrected chi connectivity index (χ3v) is 3.11. The number of rotatable bonds is 2. The Morgan fingerprint density at radius 1 is 1.35 bits per heavy atom. The Kier molecular flexibility index (Phi) is 3.16. The van der Waals surface area contributed by atoms with Gasteiger partial charge in [-0.3, -0.25) is 0 Å². The second-order valence-electron chi connectivity index (χ2n) is 3.89. The topological polar surface area (TPSA) is 41.6 Å². The first-order valence-corrected chi connectivity index (χ1v) is 5.70. The van der Waals surface area contributed by atoms with Gasteiger partial charge in [0.05, 0.1) is 23.9 Å². The maximum atomic E-state index is 8.76. The third-order valence-electron chi connectivity index (χ3n) is 2.72. The van der Waals surface area contributed by atoms with E-state index in [1.54, 1.807) is 4.68 Å². The molecule has 1 aromatic heterocycles. The van der Waals surface area contributed by atoms with Gasteiger partial charge < -0.3 is 0 Å². The first kappa shape index (κ1) is 11.7. The van der Waals surface area contributed by atoms with Crippen molar-refractivity contribution in [3.05, 3.63) is 46.2 Å². The average molecular weight is 246 g/mol. The summed E-state index contributed by atoms with van der Waals surface area (Å²) >= 11 is 6.26. The summed E-state index contributed by atoms with van der Waals surface area (Å²) in [5, 5.41) is 13.7. The van der Waals surface area contributed by atoms with Crippen LogP contribution in [0.2, 0.25) is 5.15 Å². The molecule has 0 aliphatic carbocycles. The number of aromatic nitrogens is 2. The zero-order valence-electron chi connectivity index (χ0n) is 9.74. The molecule has 3 nitrogen and oxygen atoms in total. The highest BCUT2D eigenvalue weighted by Crippen LogP contribution is 2.25. The van der Waals surface area contributed by atoms with Gasteiger partial charge in [0.15, 0.2) is 0 Å². The highest BCUT2D eigenvalue weighted by atomic mass is 35.5. The Labute approximate surface area is 105 Å². The SMILES string of the molecule is Cc1ccccc1-n1nc(C)c(CC#N)c1Cl. The molecule has 0 fully saturated rings. The molecule has 4 heteroatoms. The van der Waals surface area contributed by atoms with E-state index < -0.39 is 0 Å². The number of nitrogens with zero attached hydrogens (tertiary/aromatic N) is 3. The lowest BCUT2D eigenvalue weighted by Gasteiger charge is -2.06. The minimum Gasteiger partial charge on any atom is -0.221 e. The molecule has 1 aromatic carbocycles. The molecule has 0 saturated carbocycles. The van der Waals surface area contributed by atoms with Gasteiger partial charge in [0.2, 0.25) is 0 Å². The molecule has 86 valence electrons. The number of hydrogen-bond donors (Lipinski definition) is 0. The zero-order valence-corrected chi connectivity index (χ0v) is 10.5. The quantitative estimate of drug-likeness (QED) is 0.815. The van der Waals surface area contributed by atoms with Crippen LogP contribution in [0.25, 0.3) is 5.69 Å². The Morgan fingerprint density at radius 2 is 2.06 bits per heavy atom. The molecule has 0 spiro atoms. The van der Waals surface area contributed by atoms with Gasteiger partial charge in [0, 0.05) is 5.56 Å². The van der Waals surface area contributed by atoms with E-state index in [0.717, 1.165) is 22.5 Å². The van der Waals surface area contributed by atoms with Gasteiger partial charge in [-0.2, -0.15) is 10.4 Å². The Balaban J connectivity index is 2.59. The summed E-state index contributed by atoms with van der Waals surface area (Å²) in [6.07, 6.45) is 0.288. The molecule has 0 aliphatic heterocycles. The largest absolute Gasteiger partial charge is 0.221 e. The van der Waals surface area contributed by atoms with Gasteiger partial charge in [-0.25, -0.2) is 4.68 Å². The summed E-state index contributed by atoms with van der Waals surface area (Å²) in [4.78, 5) is 0. The van der Waals surface area contributed by atoms with Gasteiger partial charge in [-0.05, 0) is 25.5 Å². The summed E-state index contributed by atoms with van der Waals surface area (Å²) in [7, 11) is 0. The van der Waals surface area contributed by atoms with Crippen LogP contribution in [0.1, 0.15) is 16.8 Å². The third kappa shape index (κ3) is 2.04. The Bertz CT molecular complexity index is 593. The molecule has 0 radical (unpaired) electrons. The Hall–Kier alpha value is -1.79. The normalized spacial score (nSPS) is 10.2. The van der Waals surface area contributed by atoms with Crippen LogP contribution in [-0.4, -0.2) is 9.78 Å². The first-order valence-electron chi connectivity index (χ1n) is 5.32. The van der Waals surface area contributed by atoms with Crippen molar-refractivity contribution in [2.24, 2.45) is 0 Å². The standard InChI is InChI=1S/C13H12ClN3/c1-9-5-3-4-6-12(9)17-13(14)11(7-8-15)10(2)16-17/h3-6H,7H2,1-2H3. The maximum Gasteiger partial charge on any atom is 0.137 e. The van der Waals surface area contributed by atoms with E-state index in [1.807, 2.05) is 38.1 Å². The number of benzene rings is 1. The Morgan fingerprint density at radius 3 is 2.71 bits per heavy atom. The van der Waals surface area contributed by atoms with Crippen LogP contribution in [0.3, 0.4) is 0 Å². The lowest BCUT2D eigenvalue weighted by molar-refractivity contribution is 0.856. The monoisotopic (exact) mass is 245 g/mol. The highest BCUT2D eigenvalue weighted by Gasteiger charge is 2.14. The van der Waals surface area contributed by atoms with Gasteiger partial charge in [0.25, 0.3) is 0 Å². The average Bonchev–Trinajstić information content (AvgIpc) is 2.58. The van der Waals surface area contributed by atoms with E-state index in [4.69, 9.17) is 16.9 Å². The molecule has 0 N–H and O–H groups in total. The zero-order chi connectivity index (χ0) is 12.4. The van der Waals surface area contributed by atoms with Gasteiger partial charge >= 0.3 is 0 Å². The molecular formula is C13H12ClN3.